The number of aldehydes is 1. The summed E-state index contributed by atoms with van der Waals surface area (Å²) in [6, 6.07) is 8.01. The second-order valence-corrected chi connectivity index (χ2v) is 3.58. The molecule has 0 saturated carbocycles. The highest BCUT2D eigenvalue weighted by Gasteiger charge is 2.05. The van der Waals surface area contributed by atoms with Crippen molar-refractivity contribution in [1.29, 1.82) is 0 Å². The van der Waals surface area contributed by atoms with Gasteiger partial charge in [-0.3, -0.25) is 4.79 Å². The van der Waals surface area contributed by atoms with Crippen LogP contribution in [-0.2, 0) is 6.42 Å². The molecule has 0 aliphatic heterocycles. The molecule has 0 radical (unpaired) electrons. The van der Waals surface area contributed by atoms with Crippen LogP contribution in [0.15, 0.2) is 30.5 Å². The molecule has 1 heterocycles. The summed E-state index contributed by atoms with van der Waals surface area (Å²) >= 11 is 0. The lowest BCUT2D eigenvalue weighted by atomic mass is 10.1. The molecule has 0 aliphatic rings. The number of benzene rings is 1. The number of carbonyl (C=O) groups excluding carboxylic acids is 1. The van der Waals surface area contributed by atoms with Crippen LogP contribution in [0.5, 0.6) is 0 Å². The van der Waals surface area contributed by atoms with Crippen molar-refractivity contribution >= 4 is 6.29 Å². The van der Waals surface area contributed by atoms with Crippen molar-refractivity contribution in [3.8, 4) is 5.69 Å². The Labute approximate surface area is 93.9 Å². The average Bonchev–Trinajstić information content (AvgIpc) is 2.79. The van der Waals surface area contributed by atoms with Gasteiger partial charge in [0.1, 0.15) is 5.69 Å². The van der Waals surface area contributed by atoms with E-state index < -0.39 is 0 Å². The second-order valence-electron chi connectivity index (χ2n) is 3.58. The maximum absolute atomic E-state index is 10.5. The van der Waals surface area contributed by atoms with Crippen LogP contribution in [0.1, 0.15) is 29.4 Å². The molecule has 0 atom stereocenters. The molecular formula is C12H13N3O. The summed E-state index contributed by atoms with van der Waals surface area (Å²) in [5.74, 6) is 0. The van der Waals surface area contributed by atoms with Gasteiger partial charge in [0.2, 0.25) is 0 Å². The summed E-state index contributed by atoms with van der Waals surface area (Å²) < 4.78 is 1.65. The van der Waals surface area contributed by atoms with E-state index in [4.69, 9.17) is 0 Å². The molecule has 0 unspecified atom stereocenters. The van der Waals surface area contributed by atoms with Gasteiger partial charge in [0.15, 0.2) is 6.29 Å². The van der Waals surface area contributed by atoms with Crippen LogP contribution in [0.25, 0.3) is 5.69 Å². The first-order valence-corrected chi connectivity index (χ1v) is 5.31. The van der Waals surface area contributed by atoms with E-state index >= 15 is 0 Å². The Morgan fingerprint density at radius 2 is 2.19 bits per heavy atom. The van der Waals surface area contributed by atoms with Crippen LogP contribution in [0, 0.1) is 0 Å². The van der Waals surface area contributed by atoms with E-state index in [1.54, 1.807) is 10.9 Å². The average molecular weight is 215 g/mol. The van der Waals surface area contributed by atoms with Crippen LogP contribution in [0.3, 0.4) is 0 Å². The lowest BCUT2D eigenvalue weighted by Gasteiger charge is -2.06. The highest BCUT2D eigenvalue weighted by atomic mass is 16.1. The molecule has 4 heteroatoms. The molecule has 4 nitrogen and oxygen atoms in total. The fraction of sp³-hybridized carbons (Fsp3) is 0.250. The molecule has 0 fully saturated rings. The third-order valence-corrected chi connectivity index (χ3v) is 2.39. The lowest BCUT2D eigenvalue weighted by Crippen LogP contribution is -2.00. The van der Waals surface area contributed by atoms with E-state index in [-0.39, 0.29) is 0 Å². The number of aryl methyl sites for hydroxylation is 1. The van der Waals surface area contributed by atoms with Crippen molar-refractivity contribution in [2.24, 2.45) is 0 Å². The standard InChI is InChI=1S/C12H13N3O/c1-2-5-10-6-3-4-7-12(10)15-8-11(9-16)13-14-15/h3-4,6-9H,2,5H2,1H3. The number of para-hydroxylation sites is 1. The first-order valence-electron chi connectivity index (χ1n) is 5.31. The number of nitrogens with zero attached hydrogens (tertiary/aromatic N) is 3. The number of hydrogen-bond acceptors (Lipinski definition) is 3. The lowest BCUT2D eigenvalue weighted by molar-refractivity contribution is 0.111. The quantitative estimate of drug-likeness (QED) is 0.733. The predicted octanol–water partition coefficient (Wildman–Crippen LogP) is 2.03. The maximum atomic E-state index is 10.5. The van der Waals surface area contributed by atoms with E-state index in [2.05, 4.69) is 23.3 Å². The van der Waals surface area contributed by atoms with Gasteiger partial charge < -0.3 is 0 Å². The Bertz CT molecular complexity index is 491. The zero-order chi connectivity index (χ0) is 11.4. The molecule has 0 amide bonds. The molecule has 1 aromatic carbocycles. The molecule has 0 aliphatic carbocycles. The van der Waals surface area contributed by atoms with Crippen LogP contribution in [-0.4, -0.2) is 21.3 Å². The molecule has 0 bridgehead atoms. The van der Waals surface area contributed by atoms with Crippen LogP contribution >= 0.6 is 0 Å². The summed E-state index contributed by atoms with van der Waals surface area (Å²) in [5.41, 5.74) is 2.56. The Morgan fingerprint density at radius 1 is 1.38 bits per heavy atom. The van der Waals surface area contributed by atoms with Crippen LogP contribution in [0.2, 0.25) is 0 Å². The highest BCUT2D eigenvalue weighted by molar-refractivity contribution is 5.70. The van der Waals surface area contributed by atoms with Crippen molar-refractivity contribution in [2.45, 2.75) is 19.8 Å². The fourth-order valence-electron chi connectivity index (χ4n) is 1.66. The van der Waals surface area contributed by atoms with Gasteiger partial charge in [-0.2, -0.15) is 0 Å². The second kappa shape index (κ2) is 4.70. The highest BCUT2D eigenvalue weighted by Crippen LogP contribution is 2.15. The topological polar surface area (TPSA) is 47.8 Å². The molecule has 1 aromatic heterocycles. The molecule has 0 N–H and O–H groups in total. The Balaban J connectivity index is 2.42. The fourth-order valence-corrected chi connectivity index (χ4v) is 1.66. The number of aromatic nitrogens is 3. The van der Waals surface area contributed by atoms with Gasteiger partial charge >= 0.3 is 0 Å². The number of carbonyl (C=O) groups is 1. The van der Waals surface area contributed by atoms with E-state index in [1.807, 2.05) is 18.2 Å². The summed E-state index contributed by atoms with van der Waals surface area (Å²) in [4.78, 5) is 10.5. The summed E-state index contributed by atoms with van der Waals surface area (Å²) in [6.45, 7) is 2.13. The first kappa shape index (κ1) is 10.5. The van der Waals surface area contributed by atoms with Crippen molar-refractivity contribution < 1.29 is 4.79 Å². The minimum absolute atomic E-state index is 0.353. The predicted molar refractivity (Wildman–Crippen MR) is 60.7 cm³/mol. The molecule has 2 aromatic rings. The van der Waals surface area contributed by atoms with Crippen molar-refractivity contribution in [2.75, 3.05) is 0 Å². The van der Waals surface area contributed by atoms with E-state index in [0.717, 1.165) is 18.5 Å². The van der Waals surface area contributed by atoms with Gasteiger partial charge in [-0.05, 0) is 18.1 Å². The Kier molecular flexibility index (Phi) is 3.10. The van der Waals surface area contributed by atoms with Crippen molar-refractivity contribution in [3.05, 3.63) is 41.7 Å². The molecule has 2 rings (SSSR count). The van der Waals surface area contributed by atoms with Gasteiger partial charge in [-0.15, -0.1) is 5.10 Å². The van der Waals surface area contributed by atoms with Crippen molar-refractivity contribution in [3.63, 3.8) is 0 Å². The molecule has 82 valence electrons. The maximum Gasteiger partial charge on any atom is 0.171 e. The SMILES string of the molecule is CCCc1ccccc1-n1cc(C=O)nn1. The van der Waals surface area contributed by atoms with Gasteiger partial charge in [-0.25, -0.2) is 4.68 Å². The minimum Gasteiger partial charge on any atom is -0.296 e. The third-order valence-electron chi connectivity index (χ3n) is 2.39. The molecule has 0 saturated heterocycles. The smallest absolute Gasteiger partial charge is 0.171 e. The zero-order valence-corrected chi connectivity index (χ0v) is 9.13. The van der Waals surface area contributed by atoms with E-state index in [1.165, 1.54) is 5.56 Å². The molecular weight excluding hydrogens is 202 g/mol. The van der Waals surface area contributed by atoms with E-state index in [9.17, 15) is 4.79 Å². The summed E-state index contributed by atoms with van der Waals surface area (Å²) in [5, 5.41) is 7.69. The van der Waals surface area contributed by atoms with Gasteiger partial charge in [0.25, 0.3) is 0 Å². The third kappa shape index (κ3) is 2.00. The number of hydrogen-bond donors (Lipinski definition) is 0. The van der Waals surface area contributed by atoms with Gasteiger partial charge in [0.05, 0.1) is 11.9 Å². The first-order chi connectivity index (χ1) is 7.85. The number of rotatable bonds is 4. The van der Waals surface area contributed by atoms with Crippen molar-refractivity contribution in [1.82, 2.24) is 15.0 Å². The summed E-state index contributed by atoms with van der Waals surface area (Å²) in [6.07, 6.45) is 4.41. The van der Waals surface area contributed by atoms with Gasteiger partial charge in [-0.1, -0.05) is 36.8 Å². The minimum atomic E-state index is 0.353. The largest absolute Gasteiger partial charge is 0.296 e. The molecule has 16 heavy (non-hydrogen) atoms. The molecule has 0 spiro atoms. The van der Waals surface area contributed by atoms with Gasteiger partial charge in [0, 0.05) is 0 Å². The van der Waals surface area contributed by atoms with Crippen LogP contribution in [0.4, 0.5) is 0 Å². The monoisotopic (exact) mass is 215 g/mol. The van der Waals surface area contributed by atoms with Crippen LogP contribution < -0.4 is 0 Å². The summed E-state index contributed by atoms with van der Waals surface area (Å²) in [7, 11) is 0. The van der Waals surface area contributed by atoms with E-state index in [0.29, 0.717) is 12.0 Å². The zero-order valence-electron chi connectivity index (χ0n) is 9.13. The Hall–Kier alpha value is -1.97. The Morgan fingerprint density at radius 3 is 2.88 bits per heavy atom. The normalized spacial score (nSPS) is 10.3.